The molecule has 0 radical (unpaired) electrons. The van der Waals surface area contributed by atoms with Crippen LogP contribution in [-0.4, -0.2) is 7.05 Å². The van der Waals surface area contributed by atoms with Gasteiger partial charge in [0.2, 0.25) is 0 Å². The van der Waals surface area contributed by atoms with Crippen molar-refractivity contribution in [1.29, 1.82) is 0 Å². The first-order valence-corrected chi connectivity index (χ1v) is 8.86. The van der Waals surface area contributed by atoms with E-state index in [9.17, 15) is 0 Å². The fourth-order valence-electron chi connectivity index (χ4n) is 3.10. The van der Waals surface area contributed by atoms with E-state index in [0.717, 1.165) is 15.0 Å². The maximum absolute atomic E-state index is 6.26. The van der Waals surface area contributed by atoms with Crippen LogP contribution in [-0.2, 0) is 19.3 Å². The third-order valence-electron chi connectivity index (χ3n) is 4.30. The predicted octanol–water partition coefficient (Wildman–Crippen LogP) is 4.94. The minimum Gasteiger partial charge on any atom is -0.313 e. The molecule has 0 amide bonds. The minimum absolute atomic E-state index is 0.305. The molecule has 1 unspecified atom stereocenters. The van der Waals surface area contributed by atoms with Crippen LogP contribution in [0, 0.1) is 3.57 Å². The number of nitrogens with one attached hydrogen (secondary N) is 1. The topological polar surface area (TPSA) is 12.0 Å². The molecular formula is C18H19ClIN. The summed E-state index contributed by atoms with van der Waals surface area (Å²) in [5.74, 6) is 0. The van der Waals surface area contributed by atoms with E-state index in [1.807, 2.05) is 7.05 Å². The Kier molecular flexibility index (Phi) is 4.87. The molecule has 0 heterocycles. The van der Waals surface area contributed by atoms with Gasteiger partial charge in [0.15, 0.2) is 0 Å². The second kappa shape index (κ2) is 6.67. The fraction of sp³-hybridized carbons (Fsp3) is 0.333. The highest BCUT2D eigenvalue weighted by atomic mass is 127. The molecule has 0 fully saturated rings. The maximum atomic E-state index is 6.26. The molecule has 2 aromatic rings. The Labute approximate surface area is 145 Å². The molecule has 1 N–H and O–H groups in total. The van der Waals surface area contributed by atoms with E-state index in [0.29, 0.717) is 6.04 Å². The van der Waals surface area contributed by atoms with E-state index in [2.05, 4.69) is 64.3 Å². The summed E-state index contributed by atoms with van der Waals surface area (Å²) in [6.45, 7) is 0. The highest BCUT2D eigenvalue weighted by molar-refractivity contribution is 14.1. The quantitative estimate of drug-likeness (QED) is 0.703. The molecule has 0 bridgehead atoms. The van der Waals surface area contributed by atoms with Crippen LogP contribution in [0.1, 0.15) is 34.7 Å². The Hall–Kier alpha value is -0.580. The van der Waals surface area contributed by atoms with Gasteiger partial charge in [-0.05, 0) is 89.7 Å². The molecule has 1 aliphatic rings. The summed E-state index contributed by atoms with van der Waals surface area (Å²) in [7, 11) is 2.02. The highest BCUT2D eigenvalue weighted by Crippen LogP contribution is 2.27. The normalized spacial score (nSPS) is 15.0. The molecular weight excluding hydrogens is 393 g/mol. The zero-order valence-corrected chi connectivity index (χ0v) is 15.0. The molecule has 0 spiro atoms. The average Bonchev–Trinajstić information content (AvgIpc) is 2.95. The number of rotatable bonds is 4. The first kappa shape index (κ1) is 15.3. The van der Waals surface area contributed by atoms with Gasteiger partial charge in [-0.2, -0.15) is 0 Å². The number of fused-ring (bicyclic) bond motifs is 1. The first-order chi connectivity index (χ1) is 10.2. The molecule has 0 saturated carbocycles. The van der Waals surface area contributed by atoms with Crippen molar-refractivity contribution >= 4 is 34.2 Å². The van der Waals surface area contributed by atoms with E-state index in [-0.39, 0.29) is 0 Å². The summed E-state index contributed by atoms with van der Waals surface area (Å²) in [4.78, 5) is 0. The fourth-order valence-corrected chi connectivity index (χ4v) is 3.63. The molecule has 1 aliphatic carbocycles. The molecule has 1 atom stereocenters. The number of likely N-dealkylation sites (N-methyl/N-ethyl adjacent to an activating group) is 1. The number of benzene rings is 2. The minimum atomic E-state index is 0.305. The predicted molar refractivity (Wildman–Crippen MR) is 98.1 cm³/mol. The van der Waals surface area contributed by atoms with Gasteiger partial charge in [0.05, 0.1) is 5.02 Å². The monoisotopic (exact) mass is 411 g/mol. The van der Waals surface area contributed by atoms with E-state index in [1.165, 1.54) is 36.0 Å². The molecule has 2 aromatic carbocycles. The Bertz CT molecular complexity index is 654. The summed E-state index contributed by atoms with van der Waals surface area (Å²) in [6, 6.07) is 13.6. The van der Waals surface area contributed by atoms with E-state index >= 15 is 0 Å². The lowest BCUT2D eigenvalue weighted by Crippen LogP contribution is -2.19. The van der Waals surface area contributed by atoms with Gasteiger partial charge in [-0.3, -0.25) is 0 Å². The summed E-state index contributed by atoms with van der Waals surface area (Å²) in [5, 5.41) is 4.26. The number of halogens is 2. The highest BCUT2D eigenvalue weighted by Gasteiger charge is 2.15. The SMILES string of the molecule is CNC(Cc1ccc2c(c1)CCC2)c1ccc(I)c(Cl)c1. The molecule has 21 heavy (non-hydrogen) atoms. The standard InChI is InChI=1S/C18H19ClIN/c1-21-18(15-7-8-17(20)16(19)11-15)10-12-5-6-13-3-2-4-14(13)9-12/h5-9,11,18,21H,2-4,10H2,1H3. The van der Waals surface area contributed by atoms with E-state index in [1.54, 1.807) is 5.56 Å². The zero-order valence-electron chi connectivity index (χ0n) is 12.1. The Morgan fingerprint density at radius 1 is 1.14 bits per heavy atom. The largest absolute Gasteiger partial charge is 0.313 e. The van der Waals surface area contributed by atoms with Crippen LogP contribution in [0.4, 0.5) is 0 Å². The summed E-state index contributed by atoms with van der Waals surface area (Å²) in [5.41, 5.74) is 5.74. The van der Waals surface area contributed by atoms with Gasteiger partial charge in [0.25, 0.3) is 0 Å². The number of hydrogen-bond acceptors (Lipinski definition) is 1. The van der Waals surface area contributed by atoms with Crippen molar-refractivity contribution in [1.82, 2.24) is 5.32 Å². The van der Waals surface area contributed by atoms with Crippen LogP contribution in [0.2, 0.25) is 5.02 Å². The lowest BCUT2D eigenvalue weighted by atomic mass is 9.96. The Morgan fingerprint density at radius 3 is 2.71 bits per heavy atom. The molecule has 0 aliphatic heterocycles. The van der Waals surface area contributed by atoms with Gasteiger partial charge in [0.1, 0.15) is 0 Å². The van der Waals surface area contributed by atoms with Crippen molar-refractivity contribution in [3.05, 3.63) is 67.2 Å². The van der Waals surface area contributed by atoms with Crippen LogP contribution in [0.3, 0.4) is 0 Å². The summed E-state index contributed by atoms with van der Waals surface area (Å²) >= 11 is 8.53. The van der Waals surface area contributed by atoms with Crippen molar-refractivity contribution < 1.29 is 0 Å². The van der Waals surface area contributed by atoms with E-state index in [4.69, 9.17) is 11.6 Å². The second-order valence-corrected chi connectivity index (χ2v) is 7.24. The third-order valence-corrected chi connectivity index (χ3v) is 5.87. The lowest BCUT2D eigenvalue weighted by Gasteiger charge is -2.18. The van der Waals surface area contributed by atoms with Crippen LogP contribution in [0.25, 0.3) is 0 Å². The average molecular weight is 412 g/mol. The Morgan fingerprint density at radius 2 is 1.95 bits per heavy atom. The van der Waals surface area contributed by atoms with Crippen molar-refractivity contribution in [3.8, 4) is 0 Å². The smallest absolute Gasteiger partial charge is 0.0542 e. The van der Waals surface area contributed by atoms with Crippen LogP contribution >= 0.6 is 34.2 Å². The maximum Gasteiger partial charge on any atom is 0.0542 e. The molecule has 1 nitrogen and oxygen atoms in total. The molecule has 3 heteroatoms. The van der Waals surface area contributed by atoms with Crippen LogP contribution in [0.5, 0.6) is 0 Å². The second-order valence-electron chi connectivity index (χ2n) is 5.68. The molecule has 0 aromatic heterocycles. The zero-order chi connectivity index (χ0) is 14.8. The summed E-state index contributed by atoms with van der Waals surface area (Å²) < 4.78 is 1.10. The van der Waals surface area contributed by atoms with E-state index < -0.39 is 0 Å². The number of hydrogen-bond donors (Lipinski definition) is 1. The van der Waals surface area contributed by atoms with Gasteiger partial charge in [-0.15, -0.1) is 0 Å². The molecule has 3 rings (SSSR count). The van der Waals surface area contributed by atoms with Crippen molar-refractivity contribution in [3.63, 3.8) is 0 Å². The number of aryl methyl sites for hydroxylation is 2. The summed E-state index contributed by atoms with van der Waals surface area (Å²) in [6.07, 6.45) is 4.79. The van der Waals surface area contributed by atoms with Crippen molar-refractivity contribution in [2.75, 3.05) is 7.05 Å². The van der Waals surface area contributed by atoms with Gasteiger partial charge < -0.3 is 5.32 Å². The van der Waals surface area contributed by atoms with Gasteiger partial charge in [-0.1, -0.05) is 35.9 Å². The third kappa shape index (κ3) is 3.43. The first-order valence-electron chi connectivity index (χ1n) is 7.40. The molecule has 0 saturated heterocycles. The van der Waals surface area contributed by atoms with Crippen molar-refractivity contribution in [2.45, 2.75) is 31.7 Å². The van der Waals surface area contributed by atoms with Crippen LogP contribution < -0.4 is 5.32 Å². The van der Waals surface area contributed by atoms with Gasteiger partial charge in [0, 0.05) is 9.61 Å². The van der Waals surface area contributed by atoms with Crippen molar-refractivity contribution in [2.24, 2.45) is 0 Å². The molecule has 110 valence electrons. The lowest BCUT2D eigenvalue weighted by molar-refractivity contribution is 0.592. The van der Waals surface area contributed by atoms with Gasteiger partial charge in [-0.25, -0.2) is 0 Å². The van der Waals surface area contributed by atoms with Gasteiger partial charge >= 0.3 is 0 Å². The van der Waals surface area contributed by atoms with Crippen LogP contribution in [0.15, 0.2) is 36.4 Å². The Balaban J connectivity index is 1.82.